The van der Waals surface area contributed by atoms with Gasteiger partial charge in [0.05, 0.1) is 11.6 Å². The van der Waals surface area contributed by atoms with Crippen LogP contribution in [0, 0.1) is 11.8 Å². The van der Waals surface area contributed by atoms with Crippen LogP contribution in [-0.2, 0) is 14.8 Å². The second-order valence-electron chi connectivity index (χ2n) is 3.88. The molecule has 0 aliphatic heterocycles. The molecule has 114 valence electrons. The number of hydrogen-bond donors (Lipinski definition) is 3. The highest BCUT2D eigenvalue weighted by molar-refractivity contribution is 7.89. The molecule has 0 aliphatic rings. The number of halogens is 1. The van der Waals surface area contributed by atoms with Gasteiger partial charge in [-0.2, -0.15) is 0 Å². The molecule has 8 heteroatoms. The van der Waals surface area contributed by atoms with Crippen molar-refractivity contribution in [2.24, 2.45) is 0 Å². The third kappa shape index (κ3) is 5.36. The molecule has 0 heterocycles. The predicted molar refractivity (Wildman–Crippen MR) is 79.3 cm³/mol. The van der Waals surface area contributed by atoms with E-state index < -0.39 is 15.9 Å². The summed E-state index contributed by atoms with van der Waals surface area (Å²) in [5.41, 5.74) is 0.483. The normalized spacial score (nSPS) is 10.6. The first-order valence-electron chi connectivity index (χ1n) is 6.06. The van der Waals surface area contributed by atoms with E-state index in [1.807, 2.05) is 0 Å². The fourth-order valence-corrected chi connectivity index (χ4v) is 2.96. The number of hydrogen-bond acceptors (Lipinski definition) is 4. The smallest absolute Gasteiger partial charge is 0.242 e. The number of aliphatic hydroxyl groups is 1. The zero-order valence-electron chi connectivity index (χ0n) is 11.3. The van der Waals surface area contributed by atoms with Gasteiger partial charge in [-0.3, -0.25) is 4.79 Å². The summed E-state index contributed by atoms with van der Waals surface area (Å²) < 4.78 is 26.2. The molecule has 0 fully saturated rings. The van der Waals surface area contributed by atoms with Crippen molar-refractivity contribution < 1.29 is 18.3 Å². The van der Waals surface area contributed by atoms with Crippen LogP contribution in [0.15, 0.2) is 23.1 Å². The Bertz CT molecular complexity index is 677. The molecule has 0 unspecified atom stereocenters. The second kappa shape index (κ2) is 8.00. The number of sulfonamides is 1. The zero-order valence-corrected chi connectivity index (χ0v) is 12.9. The van der Waals surface area contributed by atoms with E-state index in [2.05, 4.69) is 21.9 Å². The lowest BCUT2D eigenvalue weighted by atomic mass is 10.2. The van der Waals surface area contributed by atoms with E-state index in [0.717, 1.165) is 0 Å². The highest BCUT2D eigenvalue weighted by Crippen LogP contribution is 2.22. The SMILES string of the molecule is CCNC(=O)CNS(=O)(=O)c1ccc(C#CCO)cc1Cl. The number of benzene rings is 1. The lowest BCUT2D eigenvalue weighted by Gasteiger charge is -2.08. The van der Waals surface area contributed by atoms with Crippen molar-refractivity contribution >= 4 is 27.5 Å². The van der Waals surface area contributed by atoms with Crippen molar-refractivity contribution in [3.8, 4) is 11.8 Å². The van der Waals surface area contributed by atoms with Gasteiger partial charge in [0.2, 0.25) is 15.9 Å². The van der Waals surface area contributed by atoms with Crippen LogP contribution in [0.4, 0.5) is 0 Å². The van der Waals surface area contributed by atoms with E-state index in [1.165, 1.54) is 18.2 Å². The molecule has 0 radical (unpaired) electrons. The van der Waals surface area contributed by atoms with Crippen LogP contribution < -0.4 is 10.0 Å². The Morgan fingerprint density at radius 2 is 2.14 bits per heavy atom. The predicted octanol–water partition coefficient (Wildman–Crippen LogP) is 0.0982. The number of carbonyl (C=O) groups is 1. The third-order valence-corrected chi connectivity index (χ3v) is 4.21. The Morgan fingerprint density at radius 3 is 2.71 bits per heavy atom. The van der Waals surface area contributed by atoms with Crippen molar-refractivity contribution in [2.45, 2.75) is 11.8 Å². The van der Waals surface area contributed by atoms with E-state index in [4.69, 9.17) is 16.7 Å². The Kier molecular flexibility index (Phi) is 6.65. The molecule has 3 N–H and O–H groups in total. The molecule has 0 saturated carbocycles. The third-order valence-electron chi connectivity index (χ3n) is 2.33. The molecule has 0 saturated heterocycles. The van der Waals surface area contributed by atoms with Gasteiger partial charge in [0.1, 0.15) is 11.5 Å². The molecule has 0 atom stereocenters. The summed E-state index contributed by atoms with van der Waals surface area (Å²) in [5.74, 6) is 4.62. The van der Waals surface area contributed by atoms with Crippen molar-refractivity contribution in [1.29, 1.82) is 0 Å². The van der Waals surface area contributed by atoms with Gasteiger partial charge in [-0.15, -0.1) is 0 Å². The van der Waals surface area contributed by atoms with Gasteiger partial charge >= 0.3 is 0 Å². The van der Waals surface area contributed by atoms with Gasteiger partial charge in [-0.05, 0) is 25.1 Å². The minimum Gasteiger partial charge on any atom is -0.384 e. The Balaban J connectivity index is 2.91. The van der Waals surface area contributed by atoms with Crippen LogP contribution in [0.5, 0.6) is 0 Å². The van der Waals surface area contributed by atoms with Gasteiger partial charge in [-0.1, -0.05) is 23.4 Å². The van der Waals surface area contributed by atoms with Crippen LogP contribution in [0.25, 0.3) is 0 Å². The monoisotopic (exact) mass is 330 g/mol. The fourth-order valence-electron chi connectivity index (χ4n) is 1.44. The topological polar surface area (TPSA) is 95.5 Å². The summed E-state index contributed by atoms with van der Waals surface area (Å²) >= 11 is 5.92. The maximum atomic E-state index is 12.0. The van der Waals surface area contributed by atoms with Crippen molar-refractivity contribution in [2.75, 3.05) is 19.7 Å². The van der Waals surface area contributed by atoms with Crippen LogP contribution in [-0.4, -0.2) is 39.1 Å². The number of nitrogens with one attached hydrogen (secondary N) is 2. The van der Waals surface area contributed by atoms with Gasteiger partial charge in [0, 0.05) is 12.1 Å². The molecule has 6 nitrogen and oxygen atoms in total. The van der Waals surface area contributed by atoms with E-state index >= 15 is 0 Å². The second-order valence-corrected chi connectivity index (χ2v) is 6.03. The molecule has 21 heavy (non-hydrogen) atoms. The first-order chi connectivity index (χ1) is 9.90. The Hall–Kier alpha value is -1.59. The average molecular weight is 331 g/mol. The highest BCUT2D eigenvalue weighted by atomic mass is 35.5. The largest absolute Gasteiger partial charge is 0.384 e. The molecule has 1 aromatic carbocycles. The lowest BCUT2D eigenvalue weighted by Crippen LogP contribution is -2.36. The summed E-state index contributed by atoms with van der Waals surface area (Å²) in [7, 11) is -3.88. The number of likely N-dealkylation sites (N-methyl/N-ethyl adjacent to an activating group) is 1. The number of amides is 1. The summed E-state index contributed by atoms with van der Waals surface area (Å²) in [6.07, 6.45) is 0. The summed E-state index contributed by atoms with van der Waals surface area (Å²) in [6.45, 7) is 1.49. The molecular weight excluding hydrogens is 316 g/mol. The summed E-state index contributed by atoms with van der Waals surface area (Å²) in [6, 6.07) is 4.14. The van der Waals surface area contributed by atoms with E-state index in [0.29, 0.717) is 12.1 Å². The molecule has 0 bridgehead atoms. The zero-order chi connectivity index (χ0) is 15.9. The number of carbonyl (C=O) groups excluding carboxylic acids is 1. The van der Waals surface area contributed by atoms with Gasteiger partial charge in [-0.25, -0.2) is 13.1 Å². The van der Waals surface area contributed by atoms with Crippen molar-refractivity contribution in [3.05, 3.63) is 28.8 Å². The quantitative estimate of drug-likeness (QED) is 0.667. The number of aliphatic hydroxyl groups excluding tert-OH is 1. The van der Waals surface area contributed by atoms with E-state index in [9.17, 15) is 13.2 Å². The number of rotatable bonds is 5. The fraction of sp³-hybridized carbons (Fsp3) is 0.308. The molecule has 0 aliphatic carbocycles. The molecule has 1 amide bonds. The standard InChI is InChI=1S/C13H15ClN2O4S/c1-2-15-13(18)9-16-21(19,20)12-6-5-10(4-3-7-17)8-11(12)14/h5-6,8,16-17H,2,7,9H2,1H3,(H,15,18). The molecule has 1 rings (SSSR count). The van der Waals surface area contributed by atoms with Crippen LogP contribution >= 0.6 is 11.6 Å². The summed E-state index contributed by atoms with van der Waals surface area (Å²) in [5, 5.41) is 11.1. The molecule has 0 spiro atoms. The molecular formula is C13H15ClN2O4S. The minimum atomic E-state index is -3.88. The van der Waals surface area contributed by atoms with Gasteiger partial charge in [0.25, 0.3) is 0 Å². The van der Waals surface area contributed by atoms with Crippen LogP contribution in [0.3, 0.4) is 0 Å². The maximum absolute atomic E-state index is 12.0. The maximum Gasteiger partial charge on any atom is 0.242 e. The highest BCUT2D eigenvalue weighted by Gasteiger charge is 2.18. The average Bonchev–Trinajstić information content (AvgIpc) is 2.43. The Labute approximate surface area is 128 Å². The van der Waals surface area contributed by atoms with Gasteiger partial charge < -0.3 is 10.4 Å². The van der Waals surface area contributed by atoms with E-state index in [1.54, 1.807) is 6.92 Å². The van der Waals surface area contributed by atoms with Crippen molar-refractivity contribution in [1.82, 2.24) is 10.0 Å². The molecule has 1 aromatic rings. The van der Waals surface area contributed by atoms with Gasteiger partial charge in [0.15, 0.2) is 0 Å². The van der Waals surface area contributed by atoms with E-state index in [-0.39, 0.29) is 23.1 Å². The first kappa shape index (κ1) is 17.5. The first-order valence-corrected chi connectivity index (χ1v) is 7.92. The lowest BCUT2D eigenvalue weighted by molar-refractivity contribution is -0.119. The summed E-state index contributed by atoms with van der Waals surface area (Å²) in [4.78, 5) is 11.1. The Morgan fingerprint density at radius 1 is 1.43 bits per heavy atom. The van der Waals surface area contributed by atoms with Crippen LogP contribution in [0.2, 0.25) is 5.02 Å². The van der Waals surface area contributed by atoms with Crippen molar-refractivity contribution in [3.63, 3.8) is 0 Å². The van der Waals surface area contributed by atoms with Crippen LogP contribution in [0.1, 0.15) is 12.5 Å². The molecule has 0 aromatic heterocycles. The minimum absolute atomic E-state index is 0.0110.